The van der Waals surface area contributed by atoms with Gasteiger partial charge in [-0.25, -0.2) is 9.97 Å². The third kappa shape index (κ3) is 2.19. The molecule has 0 bridgehead atoms. The highest BCUT2D eigenvalue weighted by Crippen LogP contribution is 2.31. The van der Waals surface area contributed by atoms with E-state index in [0.29, 0.717) is 22.5 Å². The van der Waals surface area contributed by atoms with E-state index < -0.39 is 0 Å². The van der Waals surface area contributed by atoms with Gasteiger partial charge >= 0.3 is 0 Å². The smallest absolute Gasteiger partial charge is 0.261 e. The van der Waals surface area contributed by atoms with Crippen LogP contribution < -0.4 is 0 Å². The second-order valence-electron chi connectivity index (χ2n) is 6.98. The normalized spacial score (nSPS) is 18.9. The number of imide groups is 1. The van der Waals surface area contributed by atoms with E-state index in [1.54, 1.807) is 24.7 Å². The molecular weight excluding hydrogens is 332 g/mol. The zero-order chi connectivity index (χ0) is 17.8. The quantitative estimate of drug-likeness (QED) is 0.685. The Morgan fingerprint density at radius 1 is 1.12 bits per heavy atom. The van der Waals surface area contributed by atoms with Crippen LogP contribution in [0.4, 0.5) is 0 Å². The molecule has 2 aromatic heterocycles. The van der Waals surface area contributed by atoms with Crippen LogP contribution in [0.15, 0.2) is 24.7 Å². The Morgan fingerprint density at radius 2 is 1.85 bits per heavy atom. The number of hydrogen-bond donors (Lipinski definition) is 2. The number of carbonyl (C=O) groups excluding carboxylic acids is 2. The molecule has 0 spiro atoms. The first-order valence-corrected chi connectivity index (χ1v) is 8.71. The van der Waals surface area contributed by atoms with Crippen LogP contribution in [0.3, 0.4) is 0 Å². The molecule has 3 aromatic rings. The summed E-state index contributed by atoms with van der Waals surface area (Å²) >= 11 is 0. The van der Waals surface area contributed by atoms with Crippen LogP contribution >= 0.6 is 0 Å². The van der Waals surface area contributed by atoms with Gasteiger partial charge in [0.25, 0.3) is 11.8 Å². The fourth-order valence-electron chi connectivity index (χ4n) is 3.86. The number of aromatic amines is 2. The molecule has 1 saturated heterocycles. The second-order valence-corrected chi connectivity index (χ2v) is 6.98. The fourth-order valence-corrected chi connectivity index (χ4v) is 3.86. The van der Waals surface area contributed by atoms with E-state index >= 15 is 0 Å². The Hall–Kier alpha value is -3.00. The van der Waals surface area contributed by atoms with Crippen LogP contribution in [-0.2, 0) is 0 Å². The lowest BCUT2D eigenvalue weighted by Crippen LogP contribution is -2.46. The minimum atomic E-state index is -0.201. The first-order valence-electron chi connectivity index (χ1n) is 8.71. The average Bonchev–Trinajstić information content (AvgIpc) is 3.34. The number of nitrogens with one attached hydrogen (secondary N) is 2. The van der Waals surface area contributed by atoms with Crippen molar-refractivity contribution in [1.82, 2.24) is 29.7 Å². The molecule has 26 heavy (non-hydrogen) atoms. The van der Waals surface area contributed by atoms with E-state index in [4.69, 9.17) is 0 Å². The number of fused-ring (bicyclic) bond motifs is 2. The molecule has 0 radical (unpaired) electrons. The molecule has 1 fully saturated rings. The van der Waals surface area contributed by atoms with Crippen molar-refractivity contribution in [2.45, 2.75) is 18.9 Å². The molecule has 0 unspecified atom stereocenters. The highest BCUT2D eigenvalue weighted by Gasteiger charge is 2.41. The van der Waals surface area contributed by atoms with Crippen molar-refractivity contribution >= 4 is 22.8 Å². The second kappa shape index (κ2) is 5.50. The molecule has 5 rings (SSSR count). The van der Waals surface area contributed by atoms with Crippen molar-refractivity contribution in [2.75, 3.05) is 20.1 Å². The third-order valence-electron chi connectivity index (χ3n) is 5.33. The van der Waals surface area contributed by atoms with Crippen LogP contribution in [0, 0.1) is 0 Å². The number of piperidine rings is 1. The number of H-pyrrole nitrogens is 2. The number of likely N-dealkylation sites (tertiary alicyclic amines) is 1. The van der Waals surface area contributed by atoms with E-state index in [-0.39, 0.29) is 17.9 Å². The molecule has 2 N–H and O–H groups in total. The number of nitrogens with zero attached hydrogens (tertiary/aromatic N) is 4. The van der Waals surface area contributed by atoms with Crippen LogP contribution in [0.25, 0.3) is 22.6 Å². The summed E-state index contributed by atoms with van der Waals surface area (Å²) in [5.74, 6) is 0.236. The number of amides is 2. The van der Waals surface area contributed by atoms with Crippen LogP contribution in [0.1, 0.15) is 33.6 Å². The monoisotopic (exact) mass is 350 g/mol. The van der Waals surface area contributed by atoms with E-state index in [0.717, 1.165) is 37.1 Å². The maximum absolute atomic E-state index is 12.9. The van der Waals surface area contributed by atoms with Crippen LogP contribution in [0.5, 0.6) is 0 Å². The van der Waals surface area contributed by atoms with Crippen molar-refractivity contribution < 1.29 is 9.59 Å². The standard InChI is InChI=1S/C18H18N6O2/c1-23-4-2-10(3-5-23)24-17(25)11-6-13-14(7-12(11)18(24)26)22-16(21-13)15-8-19-9-20-15/h6-10H,2-5H2,1H3,(H,19,20)(H,21,22). The predicted molar refractivity (Wildman–Crippen MR) is 94.7 cm³/mol. The van der Waals surface area contributed by atoms with Crippen LogP contribution in [0.2, 0.25) is 0 Å². The van der Waals surface area contributed by atoms with Gasteiger partial charge in [0, 0.05) is 6.04 Å². The van der Waals surface area contributed by atoms with Crippen molar-refractivity contribution in [3.8, 4) is 11.5 Å². The SMILES string of the molecule is CN1CCC(N2C(=O)c3cc4nc(-c5cnc[nH]5)[nH]c4cc3C2=O)CC1. The van der Waals surface area contributed by atoms with Gasteiger partial charge in [0.1, 0.15) is 5.69 Å². The molecule has 2 aliphatic heterocycles. The van der Waals surface area contributed by atoms with E-state index in [9.17, 15) is 9.59 Å². The lowest BCUT2D eigenvalue weighted by atomic mass is 10.0. The van der Waals surface area contributed by atoms with Gasteiger partial charge in [0.2, 0.25) is 0 Å². The Kier molecular flexibility index (Phi) is 3.23. The van der Waals surface area contributed by atoms with Gasteiger partial charge in [-0.2, -0.15) is 0 Å². The van der Waals surface area contributed by atoms with E-state index in [1.165, 1.54) is 4.90 Å². The summed E-state index contributed by atoms with van der Waals surface area (Å²) in [6.45, 7) is 1.79. The van der Waals surface area contributed by atoms with Gasteiger partial charge in [-0.3, -0.25) is 14.5 Å². The first kappa shape index (κ1) is 15.3. The van der Waals surface area contributed by atoms with Gasteiger partial charge in [-0.1, -0.05) is 0 Å². The van der Waals surface area contributed by atoms with Crippen molar-refractivity contribution in [1.29, 1.82) is 0 Å². The molecule has 2 aliphatic rings. The molecule has 8 nitrogen and oxygen atoms in total. The summed E-state index contributed by atoms with van der Waals surface area (Å²) < 4.78 is 0. The Balaban J connectivity index is 1.52. The van der Waals surface area contributed by atoms with Gasteiger partial charge in [0.15, 0.2) is 5.82 Å². The molecule has 1 aromatic carbocycles. The fraction of sp³-hybridized carbons (Fsp3) is 0.333. The number of rotatable bonds is 2. The number of aromatic nitrogens is 4. The molecule has 2 amide bonds. The summed E-state index contributed by atoms with van der Waals surface area (Å²) in [6.07, 6.45) is 4.89. The highest BCUT2D eigenvalue weighted by molar-refractivity contribution is 6.23. The molecule has 8 heteroatoms. The molecule has 132 valence electrons. The number of hydrogen-bond acceptors (Lipinski definition) is 5. The Labute approximate surface area is 149 Å². The van der Waals surface area contributed by atoms with Crippen molar-refractivity contribution in [3.63, 3.8) is 0 Å². The summed E-state index contributed by atoms with van der Waals surface area (Å²) in [4.78, 5) is 44.2. The maximum atomic E-state index is 12.9. The van der Waals surface area contributed by atoms with E-state index in [2.05, 4.69) is 31.9 Å². The number of imidazole rings is 2. The molecule has 4 heterocycles. The summed E-state index contributed by atoms with van der Waals surface area (Å²) in [5, 5.41) is 0. The third-order valence-corrected chi connectivity index (χ3v) is 5.33. The average molecular weight is 350 g/mol. The molecular formula is C18H18N6O2. The first-order chi connectivity index (χ1) is 12.6. The Morgan fingerprint density at radius 3 is 2.54 bits per heavy atom. The van der Waals surface area contributed by atoms with Gasteiger partial charge in [0.05, 0.1) is 34.7 Å². The lowest BCUT2D eigenvalue weighted by Gasteiger charge is -2.33. The summed E-state index contributed by atoms with van der Waals surface area (Å²) in [7, 11) is 2.06. The Bertz CT molecular complexity index is 961. The van der Waals surface area contributed by atoms with Gasteiger partial charge in [-0.05, 0) is 45.1 Å². The lowest BCUT2D eigenvalue weighted by molar-refractivity contribution is 0.0516. The predicted octanol–water partition coefficient (Wildman–Crippen LogP) is 1.64. The minimum Gasteiger partial charge on any atom is -0.342 e. The zero-order valence-corrected chi connectivity index (χ0v) is 14.3. The molecule has 0 atom stereocenters. The van der Waals surface area contributed by atoms with Crippen molar-refractivity contribution in [2.24, 2.45) is 0 Å². The van der Waals surface area contributed by atoms with Crippen molar-refractivity contribution in [3.05, 3.63) is 35.8 Å². The number of carbonyl (C=O) groups is 2. The zero-order valence-electron chi connectivity index (χ0n) is 14.3. The summed E-state index contributed by atoms with van der Waals surface area (Å²) in [6, 6.07) is 3.44. The molecule has 0 aliphatic carbocycles. The summed E-state index contributed by atoms with van der Waals surface area (Å²) in [5.41, 5.74) is 3.07. The maximum Gasteiger partial charge on any atom is 0.261 e. The van der Waals surface area contributed by atoms with E-state index in [1.807, 2.05) is 0 Å². The molecule has 0 saturated carbocycles. The van der Waals surface area contributed by atoms with Gasteiger partial charge in [-0.15, -0.1) is 0 Å². The topological polar surface area (TPSA) is 98.0 Å². The number of benzene rings is 1. The largest absolute Gasteiger partial charge is 0.342 e. The van der Waals surface area contributed by atoms with Gasteiger partial charge < -0.3 is 14.9 Å². The highest BCUT2D eigenvalue weighted by atomic mass is 16.2. The van der Waals surface area contributed by atoms with Crippen LogP contribution in [-0.4, -0.2) is 67.7 Å². The minimum absolute atomic E-state index is 0.0227.